The van der Waals surface area contributed by atoms with E-state index in [-0.39, 0.29) is 0 Å². The van der Waals surface area contributed by atoms with Gasteiger partial charge in [-0.2, -0.15) is 0 Å². The van der Waals surface area contributed by atoms with E-state index in [0.717, 1.165) is 36.7 Å². The molecule has 0 bridgehead atoms. The van der Waals surface area contributed by atoms with E-state index in [1.165, 1.54) is 0 Å². The first-order valence-electron chi connectivity index (χ1n) is 9.00. The molecule has 0 amide bonds. The van der Waals surface area contributed by atoms with Crippen LogP contribution in [-0.4, -0.2) is 55.5 Å². The summed E-state index contributed by atoms with van der Waals surface area (Å²) in [6, 6.07) is 8.22. The summed E-state index contributed by atoms with van der Waals surface area (Å²) in [4.78, 5) is 8.82. The minimum absolute atomic E-state index is 0.591. The number of hydrogen-bond acceptors (Lipinski definition) is 4. The van der Waals surface area contributed by atoms with Crippen LogP contribution in [-0.2, 0) is 16.0 Å². The number of hydrogen-bond donors (Lipinski definition) is 2. The van der Waals surface area contributed by atoms with Crippen molar-refractivity contribution in [1.82, 2.24) is 20.2 Å². The van der Waals surface area contributed by atoms with Crippen LogP contribution in [0.25, 0.3) is 5.69 Å². The Balaban J connectivity index is 1.87. The number of ether oxygens (including phenoxy) is 2. The molecule has 26 heavy (non-hydrogen) atoms. The quantitative estimate of drug-likeness (QED) is 0.365. The third-order valence-electron chi connectivity index (χ3n) is 3.72. The molecule has 1 heterocycles. The molecule has 2 N–H and O–H groups in total. The van der Waals surface area contributed by atoms with Gasteiger partial charge in [-0.1, -0.05) is 18.2 Å². The highest BCUT2D eigenvalue weighted by atomic mass is 16.5. The molecule has 2 aromatic rings. The fraction of sp³-hybridized carbons (Fsp3) is 0.474. The van der Waals surface area contributed by atoms with Crippen molar-refractivity contribution in [3.05, 3.63) is 48.5 Å². The third-order valence-corrected chi connectivity index (χ3v) is 3.72. The maximum absolute atomic E-state index is 5.47. The van der Waals surface area contributed by atoms with Gasteiger partial charge in [0, 0.05) is 39.2 Å². The number of methoxy groups -OCH3 is 1. The third kappa shape index (κ3) is 6.85. The van der Waals surface area contributed by atoms with E-state index >= 15 is 0 Å². The number of guanidine groups is 1. The minimum atomic E-state index is 0.591. The Hall–Kier alpha value is -2.38. The second-order valence-electron chi connectivity index (χ2n) is 5.68. The van der Waals surface area contributed by atoms with Crippen LogP contribution in [0.3, 0.4) is 0 Å². The number of aromatic nitrogens is 2. The monoisotopic (exact) mass is 359 g/mol. The highest BCUT2D eigenvalue weighted by Crippen LogP contribution is 2.14. The predicted octanol–water partition coefficient (Wildman–Crippen LogP) is 1.98. The van der Waals surface area contributed by atoms with Crippen molar-refractivity contribution in [2.24, 2.45) is 4.99 Å². The number of aliphatic imine (C=N–C) groups is 1. The number of nitrogens with zero attached hydrogens (tertiary/aromatic N) is 3. The highest BCUT2D eigenvalue weighted by molar-refractivity contribution is 5.79. The van der Waals surface area contributed by atoms with Crippen LogP contribution in [0.2, 0.25) is 0 Å². The van der Waals surface area contributed by atoms with Crippen molar-refractivity contribution in [3.63, 3.8) is 0 Å². The summed E-state index contributed by atoms with van der Waals surface area (Å²) in [6.07, 6.45) is 6.44. The average Bonchev–Trinajstić information content (AvgIpc) is 3.20. The first kappa shape index (κ1) is 19.9. The molecule has 0 aliphatic heterocycles. The maximum Gasteiger partial charge on any atom is 0.191 e. The fourth-order valence-electron chi connectivity index (χ4n) is 2.43. The Morgan fingerprint density at radius 3 is 2.85 bits per heavy atom. The van der Waals surface area contributed by atoms with E-state index < -0.39 is 0 Å². The van der Waals surface area contributed by atoms with Crippen LogP contribution in [0.15, 0.2) is 48.0 Å². The van der Waals surface area contributed by atoms with Crippen molar-refractivity contribution in [2.75, 3.05) is 40.0 Å². The zero-order valence-electron chi connectivity index (χ0n) is 15.6. The molecule has 142 valence electrons. The van der Waals surface area contributed by atoms with Gasteiger partial charge in [0.1, 0.15) is 0 Å². The maximum atomic E-state index is 5.47. The fourth-order valence-corrected chi connectivity index (χ4v) is 2.43. The van der Waals surface area contributed by atoms with Crippen LogP contribution in [0.1, 0.15) is 18.9 Å². The van der Waals surface area contributed by atoms with E-state index in [9.17, 15) is 0 Å². The second kappa shape index (κ2) is 12.1. The first-order valence-corrected chi connectivity index (χ1v) is 9.00. The van der Waals surface area contributed by atoms with Gasteiger partial charge in [-0.05, 0) is 25.0 Å². The van der Waals surface area contributed by atoms with Gasteiger partial charge in [0.25, 0.3) is 0 Å². The Labute approximate surface area is 155 Å². The van der Waals surface area contributed by atoms with E-state index in [1.807, 2.05) is 22.9 Å². The summed E-state index contributed by atoms with van der Waals surface area (Å²) in [6.45, 7) is 6.25. The molecular formula is C19H29N5O2. The molecule has 0 unspecified atom stereocenters. The van der Waals surface area contributed by atoms with Crippen LogP contribution in [0.5, 0.6) is 0 Å². The van der Waals surface area contributed by atoms with Gasteiger partial charge >= 0.3 is 0 Å². The largest absolute Gasteiger partial charge is 0.382 e. The standard InChI is InChI=1S/C19H29N5O2/c1-3-21-19(22-9-6-12-26-14-13-25-2)23-15-17-7-4-5-8-18(17)24-11-10-20-16-24/h4-5,7-8,10-11,16H,3,6,9,12-15H2,1-2H3,(H2,21,22,23). The summed E-state index contributed by atoms with van der Waals surface area (Å²) in [5.74, 6) is 0.810. The molecule has 0 aliphatic carbocycles. The number of rotatable bonds is 11. The van der Waals surface area contributed by atoms with Crippen LogP contribution in [0.4, 0.5) is 0 Å². The van der Waals surface area contributed by atoms with Gasteiger partial charge < -0.3 is 24.7 Å². The second-order valence-corrected chi connectivity index (χ2v) is 5.68. The number of para-hydroxylation sites is 1. The average molecular weight is 359 g/mol. The Bertz CT molecular complexity index is 643. The van der Waals surface area contributed by atoms with Gasteiger partial charge in [0.05, 0.1) is 31.8 Å². The minimum Gasteiger partial charge on any atom is -0.382 e. The SMILES string of the molecule is CCNC(=NCc1ccccc1-n1ccnc1)NCCCOCCOC. The van der Waals surface area contributed by atoms with Crippen molar-refractivity contribution in [2.45, 2.75) is 19.9 Å². The Morgan fingerprint density at radius 1 is 1.19 bits per heavy atom. The van der Waals surface area contributed by atoms with E-state index in [2.05, 4.69) is 34.7 Å². The lowest BCUT2D eigenvalue weighted by molar-refractivity contribution is 0.0698. The van der Waals surface area contributed by atoms with Crippen molar-refractivity contribution < 1.29 is 9.47 Å². The van der Waals surface area contributed by atoms with E-state index in [0.29, 0.717) is 26.4 Å². The Morgan fingerprint density at radius 2 is 2.08 bits per heavy atom. The molecule has 1 aromatic heterocycles. The van der Waals surface area contributed by atoms with Crippen LogP contribution >= 0.6 is 0 Å². The molecule has 0 saturated heterocycles. The van der Waals surface area contributed by atoms with E-state index in [4.69, 9.17) is 14.5 Å². The lowest BCUT2D eigenvalue weighted by atomic mass is 10.2. The summed E-state index contributed by atoms with van der Waals surface area (Å²) < 4.78 is 12.4. The molecule has 0 fully saturated rings. The zero-order valence-corrected chi connectivity index (χ0v) is 15.6. The number of imidazole rings is 1. The molecule has 0 saturated carbocycles. The molecule has 0 spiro atoms. The molecule has 0 radical (unpaired) electrons. The van der Waals surface area contributed by atoms with Gasteiger partial charge in [-0.3, -0.25) is 0 Å². The number of nitrogens with one attached hydrogen (secondary N) is 2. The lowest BCUT2D eigenvalue weighted by Gasteiger charge is -2.13. The summed E-state index contributed by atoms with van der Waals surface area (Å²) in [5.41, 5.74) is 2.24. The summed E-state index contributed by atoms with van der Waals surface area (Å²) in [5, 5.41) is 6.62. The molecule has 2 rings (SSSR count). The van der Waals surface area contributed by atoms with Gasteiger partial charge in [0.15, 0.2) is 5.96 Å². The molecule has 7 nitrogen and oxygen atoms in total. The van der Waals surface area contributed by atoms with Crippen molar-refractivity contribution in [1.29, 1.82) is 0 Å². The molecule has 1 aromatic carbocycles. The summed E-state index contributed by atoms with van der Waals surface area (Å²) >= 11 is 0. The van der Waals surface area contributed by atoms with Gasteiger partial charge in [-0.25, -0.2) is 9.98 Å². The lowest BCUT2D eigenvalue weighted by Crippen LogP contribution is -2.38. The molecule has 0 atom stereocenters. The predicted molar refractivity (Wildman–Crippen MR) is 104 cm³/mol. The van der Waals surface area contributed by atoms with Crippen molar-refractivity contribution in [3.8, 4) is 5.69 Å². The Kier molecular flexibility index (Phi) is 9.24. The summed E-state index contributed by atoms with van der Waals surface area (Å²) in [7, 11) is 1.68. The molecule has 0 aliphatic rings. The molecule has 7 heteroatoms. The normalized spacial score (nSPS) is 11.5. The van der Waals surface area contributed by atoms with Crippen LogP contribution in [0, 0.1) is 0 Å². The first-order chi connectivity index (χ1) is 12.8. The topological polar surface area (TPSA) is 72.7 Å². The van der Waals surface area contributed by atoms with Gasteiger partial charge in [0.2, 0.25) is 0 Å². The van der Waals surface area contributed by atoms with E-state index in [1.54, 1.807) is 19.6 Å². The number of benzene rings is 1. The smallest absolute Gasteiger partial charge is 0.191 e. The highest BCUT2D eigenvalue weighted by Gasteiger charge is 2.04. The molecular weight excluding hydrogens is 330 g/mol. The zero-order chi connectivity index (χ0) is 18.5. The van der Waals surface area contributed by atoms with Gasteiger partial charge in [-0.15, -0.1) is 0 Å². The van der Waals surface area contributed by atoms with Crippen LogP contribution < -0.4 is 10.6 Å². The van der Waals surface area contributed by atoms with Crippen molar-refractivity contribution >= 4 is 5.96 Å².